The van der Waals surface area contributed by atoms with Gasteiger partial charge in [-0.1, -0.05) is 0 Å². The van der Waals surface area contributed by atoms with Gasteiger partial charge in [0.25, 0.3) is 0 Å². The molecule has 0 aliphatic carbocycles. The average Bonchev–Trinajstić information content (AvgIpc) is 2.77. The SMILES string of the molecule is CC[n+]1ccc(SCC2=CN3C(=O)C[C@@H]3SC2)c2cc(F)c(N3CCNCC3)cc21. The summed E-state index contributed by atoms with van der Waals surface area (Å²) in [4.78, 5) is 16.8. The second kappa shape index (κ2) is 8.40. The predicted octanol–water partition coefficient (Wildman–Crippen LogP) is 2.98. The fourth-order valence-corrected chi connectivity index (χ4v) is 6.55. The topological polar surface area (TPSA) is 39.5 Å². The Morgan fingerprint density at radius 3 is 2.93 bits per heavy atom. The first-order valence-electron chi connectivity index (χ1n) is 10.5. The van der Waals surface area contributed by atoms with Crippen molar-refractivity contribution in [3.63, 3.8) is 0 Å². The van der Waals surface area contributed by atoms with Crippen LogP contribution in [0, 0.1) is 5.82 Å². The highest BCUT2D eigenvalue weighted by Gasteiger charge is 2.37. The van der Waals surface area contributed by atoms with E-state index >= 15 is 4.39 Å². The zero-order valence-electron chi connectivity index (χ0n) is 17.1. The Kier molecular flexibility index (Phi) is 5.64. The summed E-state index contributed by atoms with van der Waals surface area (Å²) in [7, 11) is 0. The third-order valence-corrected chi connectivity index (χ3v) is 8.49. The van der Waals surface area contributed by atoms with E-state index in [0.29, 0.717) is 17.5 Å². The minimum absolute atomic E-state index is 0.151. The van der Waals surface area contributed by atoms with E-state index in [1.807, 2.05) is 28.9 Å². The van der Waals surface area contributed by atoms with Crippen molar-refractivity contribution in [1.29, 1.82) is 0 Å². The van der Waals surface area contributed by atoms with Crippen LogP contribution in [0.15, 0.2) is 41.1 Å². The molecule has 30 heavy (non-hydrogen) atoms. The number of rotatable bonds is 5. The molecule has 8 heteroatoms. The van der Waals surface area contributed by atoms with E-state index in [1.54, 1.807) is 17.8 Å². The zero-order valence-corrected chi connectivity index (χ0v) is 18.7. The van der Waals surface area contributed by atoms with Crippen LogP contribution in [0.5, 0.6) is 0 Å². The molecule has 0 bridgehead atoms. The van der Waals surface area contributed by atoms with Gasteiger partial charge in [0.05, 0.1) is 22.9 Å². The van der Waals surface area contributed by atoms with Crippen molar-refractivity contribution in [1.82, 2.24) is 10.2 Å². The van der Waals surface area contributed by atoms with Crippen molar-refractivity contribution in [2.45, 2.75) is 30.2 Å². The summed E-state index contributed by atoms with van der Waals surface area (Å²) in [6.45, 7) is 6.37. The molecule has 3 aliphatic heterocycles. The molecule has 5 nitrogen and oxygen atoms in total. The summed E-state index contributed by atoms with van der Waals surface area (Å²) < 4.78 is 17.3. The molecule has 1 amide bonds. The molecule has 1 atom stereocenters. The van der Waals surface area contributed by atoms with Crippen LogP contribution in [0.25, 0.3) is 10.9 Å². The molecule has 1 aromatic heterocycles. The molecule has 1 aromatic carbocycles. The number of pyridine rings is 1. The van der Waals surface area contributed by atoms with Gasteiger partial charge in [0, 0.05) is 60.9 Å². The summed E-state index contributed by atoms with van der Waals surface area (Å²) in [5.41, 5.74) is 3.03. The Morgan fingerprint density at radius 1 is 1.33 bits per heavy atom. The maximum Gasteiger partial charge on any atom is 0.230 e. The van der Waals surface area contributed by atoms with Crippen LogP contribution in [-0.4, -0.2) is 53.9 Å². The number of halogens is 1. The molecule has 2 aromatic rings. The lowest BCUT2D eigenvalue weighted by Gasteiger charge is -2.41. The second-order valence-electron chi connectivity index (χ2n) is 7.87. The maximum absolute atomic E-state index is 15.1. The Balaban J connectivity index is 1.44. The van der Waals surface area contributed by atoms with Crippen molar-refractivity contribution in [3.05, 3.63) is 42.0 Å². The average molecular weight is 446 g/mol. The van der Waals surface area contributed by atoms with Crippen molar-refractivity contribution in [2.24, 2.45) is 0 Å². The van der Waals surface area contributed by atoms with Gasteiger partial charge in [-0.2, -0.15) is 4.57 Å². The number of aryl methyl sites for hydroxylation is 1. The first kappa shape index (κ1) is 20.2. The Morgan fingerprint density at radius 2 is 2.17 bits per heavy atom. The number of hydrogen-bond acceptors (Lipinski definition) is 5. The zero-order chi connectivity index (χ0) is 20.7. The third kappa shape index (κ3) is 3.69. The number of carbonyl (C=O) groups excluding carboxylic acids is 1. The molecule has 0 saturated carbocycles. The summed E-state index contributed by atoms with van der Waals surface area (Å²) in [5.74, 6) is 1.84. The standard InChI is InChI=1S/C22H26FN4OS2/c1-2-25-6-3-20(29-13-15-12-27-21(28)11-22(27)30-14-15)16-9-17(23)19(10-18(16)25)26-7-4-24-5-8-26/h3,6,9-10,12,22,24H,2,4-5,7-8,11,13-14H2,1H3/q+1/t22-/m0/s1. The minimum atomic E-state index is -0.151. The molecule has 0 spiro atoms. The summed E-state index contributed by atoms with van der Waals surface area (Å²) >= 11 is 3.57. The largest absolute Gasteiger partial charge is 0.366 e. The van der Waals surface area contributed by atoms with Crippen LogP contribution in [0.2, 0.25) is 0 Å². The molecule has 0 unspecified atom stereocenters. The van der Waals surface area contributed by atoms with Crippen LogP contribution in [0.4, 0.5) is 10.1 Å². The number of fused-ring (bicyclic) bond motifs is 2. The van der Waals surface area contributed by atoms with Crippen molar-refractivity contribution in [2.75, 3.05) is 42.6 Å². The van der Waals surface area contributed by atoms with E-state index in [1.165, 1.54) is 5.57 Å². The molecule has 1 N–H and O–H groups in total. The number of nitrogens with zero attached hydrogens (tertiary/aromatic N) is 3. The number of benzene rings is 1. The van der Waals surface area contributed by atoms with Gasteiger partial charge < -0.3 is 15.1 Å². The fraction of sp³-hybridized carbons (Fsp3) is 0.455. The number of amides is 1. The lowest BCUT2D eigenvalue weighted by atomic mass is 10.1. The normalized spacial score (nSPS) is 21.5. The second-order valence-corrected chi connectivity index (χ2v) is 10.1. The van der Waals surface area contributed by atoms with Gasteiger partial charge in [-0.3, -0.25) is 4.79 Å². The highest BCUT2D eigenvalue weighted by Crippen LogP contribution is 2.38. The van der Waals surface area contributed by atoms with E-state index in [4.69, 9.17) is 0 Å². The van der Waals surface area contributed by atoms with E-state index in [9.17, 15) is 4.79 Å². The fourth-order valence-electron chi connectivity index (χ4n) is 4.25. The molecule has 2 fully saturated rings. The number of anilines is 1. The molecule has 2 saturated heterocycles. The van der Waals surface area contributed by atoms with Gasteiger partial charge in [-0.15, -0.1) is 23.5 Å². The summed E-state index contributed by atoms with van der Waals surface area (Å²) in [6, 6.07) is 5.82. The summed E-state index contributed by atoms with van der Waals surface area (Å²) in [6.07, 6.45) is 4.79. The highest BCUT2D eigenvalue weighted by atomic mass is 32.2. The van der Waals surface area contributed by atoms with Crippen LogP contribution in [0.3, 0.4) is 0 Å². The van der Waals surface area contributed by atoms with Gasteiger partial charge in [0.15, 0.2) is 6.20 Å². The van der Waals surface area contributed by atoms with Gasteiger partial charge in [-0.05, 0) is 18.6 Å². The highest BCUT2D eigenvalue weighted by molar-refractivity contribution is 8.01. The molecular formula is C22H26FN4OS2+. The number of carbonyl (C=O) groups is 1. The van der Waals surface area contributed by atoms with Crippen molar-refractivity contribution >= 4 is 46.0 Å². The summed E-state index contributed by atoms with van der Waals surface area (Å²) in [5, 5.41) is 4.63. The first-order valence-corrected chi connectivity index (χ1v) is 12.5. The number of hydrogen-bond donors (Lipinski definition) is 1. The molecule has 3 aliphatic rings. The van der Waals surface area contributed by atoms with Crippen molar-refractivity contribution < 1.29 is 13.8 Å². The number of nitrogens with one attached hydrogen (secondary N) is 1. The van der Waals surface area contributed by atoms with Crippen LogP contribution >= 0.6 is 23.5 Å². The van der Waals surface area contributed by atoms with Gasteiger partial charge in [0.2, 0.25) is 11.4 Å². The Bertz CT molecular complexity index is 1020. The minimum Gasteiger partial charge on any atom is -0.366 e. The number of thioether (sulfide) groups is 2. The van der Waals surface area contributed by atoms with Crippen molar-refractivity contribution in [3.8, 4) is 0 Å². The third-order valence-electron chi connectivity index (χ3n) is 5.99. The molecule has 158 valence electrons. The monoisotopic (exact) mass is 445 g/mol. The molecule has 4 heterocycles. The Hall–Kier alpha value is -1.77. The quantitative estimate of drug-likeness (QED) is 0.435. The van der Waals surface area contributed by atoms with Gasteiger partial charge in [0.1, 0.15) is 12.4 Å². The number of piperazine rings is 1. The maximum atomic E-state index is 15.1. The first-order chi connectivity index (χ1) is 14.6. The van der Waals surface area contributed by atoms with E-state index in [0.717, 1.165) is 60.0 Å². The van der Waals surface area contributed by atoms with Crippen LogP contribution in [-0.2, 0) is 11.3 Å². The lowest BCUT2D eigenvalue weighted by molar-refractivity contribution is -0.668. The van der Waals surface area contributed by atoms with Crippen LogP contribution < -0.4 is 14.8 Å². The molecule has 5 rings (SSSR count). The van der Waals surface area contributed by atoms with Crippen LogP contribution in [0.1, 0.15) is 13.3 Å². The van der Waals surface area contributed by atoms with E-state index in [-0.39, 0.29) is 11.7 Å². The molecule has 0 radical (unpaired) electrons. The smallest absolute Gasteiger partial charge is 0.230 e. The van der Waals surface area contributed by atoms with E-state index < -0.39 is 0 Å². The van der Waals surface area contributed by atoms with Gasteiger partial charge in [-0.25, -0.2) is 4.39 Å². The number of aromatic nitrogens is 1. The van der Waals surface area contributed by atoms with Gasteiger partial charge >= 0.3 is 0 Å². The van der Waals surface area contributed by atoms with E-state index in [2.05, 4.69) is 34.0 Å². The predicted molar refractivity (Wildman–Crippen MR) is 121 cm³/mol. The Labute approximate surface area is 184 Å². The molecular weight excluding hydrogens is 419 g/mol. The lowest BCUT2D eigenvalue weighted by Crippen LogP contribution is -2.49. The number of β-lactam (4-membered cyclic amide) rings is 1.